The van der Waals surface area contributed by atoms with Gasteiger partial charge in [0, 0.05) is 0 Å². The summed E-state index contributed by atoms with van der Waals surface area (Å²) >= 11 is 0. The molecule has 0 rings (SSSR count). The third-order valence-electron chi connectivity index (χ3n) is 1.87. The minimum atomic E-state index is -0.951. The summed E-state index contributed by atoms with van der Waals surface area (Å²) in [5.41, 5.74) is -0.166. The van der Waals surface area contributed by atoms with E-state index in [0.29, 0.717) is 0 Å². The smallest absolute Gasteiger partial charge is 0.342 e. The Kier molecular flexibility index (Phi) is 8.10. The van der Waals surface area contributed by atoms with Crippen LogP contribution in [0.2, 0.25) is 0 Å². The fraction of sp³-hybridized carbons (Fsp3) is 0.800. The molecule has 1 atom stereocenters. The van der Waals surface area contributed by atoms with Crippen LogP contribution in [0.5, 0.6) is 0 Å². The van der Waals surface area contributed by atoms with Crippen molar-refractivity contribution in [1.29, 1.82) is 0 Å². The van der Waals surface area contributed by atoms with E-state index in [2.05, 4.69) is 4.74 Å². The number of hydrogen-bond acceptors (Lipinski definition) is 6. The second-order valence-electron chi connectivity index (χ2n) is 6.71. The molecule has 0 fully saturated rings. The van der Waals surface area contributed by atoms with Gasteiger partial charge in [-0.25, -0.2) is 24.3 Å². The normalized spacial score (nSPS) is 15.0. The first-order valence-electron chi connectivity index (χ1n) is 6.85. The lowest BCUT2D eigenvalue weighted by molar-refractivity contribution is -0.360. The fourth-order valence-corrected chi connectivity index (χ4v) is 1.05. The van der Waals surface area contributed by atoms with Gasteiger partial charge >= 0.3 is 5.97 Å². The SMILES string of the molecule is COC(=O)C(/C=C(\C)COOC(C)(C)C)OOC(C)(C)C. The minimum absolute atomic E-state index is 0.212. The van der Waals surface area contributed by atoms with Gasteiger partial charge in [-0.05, 0) is 60.1 Å². The van der Waals surface area contributed by atoms with Crippen molar-refractivity contribution < 1.29 is 29.1 Å². The van der Waals surface area contributed by atoms with Crippen molar-refractivity contribution in [2.45, 2.75) is 65.8 Å². The van der Waals surface area contributed by atoms with Crippen molar-refractivity contribution in [3.8, 4) is 0 Å². The van der Waals surface area contributed by atoms with Gasteiger partial charge in [0.05, 0.1) is 18.3 Å². The Morgan fingerprint density at radius 2 is 1.57 bits per heavy atom. The zero-order chi connectivity index (χ0) is 16.7. The highest BCUT2D eigenvalue weighted by molar-refractivity contribution is 5.76. The highest BCUT2D eigenvalue weighted by atomic mass is 17.2. The van der Waals surface area contributed by atoms with Gasteiger partial charge in [-0.2, -0.15) is 0 Å². The number of ether oxygens (including phenoxy) is 1. The van der Waals surface area contributed by atoms with E-state index in [1.807, 2.05) is 41.5 Å². The summed E-state index contributed by atoms with van der Waals surface area (Å²) in [6.07, 6.45) is 0.622. The molecule has 0 N–H and O–H groups in total. The third kappa shape index (κ3) is 11.4. The van der Waals surface area contributed by atoms with E-state index in [4.69, 9.17) is 19.6 Å². The molecule has 0 bridgehead atoms. The Morgan fingerprint density at radius 1 is 1.05 bits per heavy atom. The molecule has 0 radical (unpaired) electrons. The van der Waals surface area contributed by atoms with Gasteiger partial charge in [-0.1, -0.05) is 0 Å². The van der Waals surface area contributed by atoms with Gasteiger partial charge in [0.15, 0.2) is 0 Å². The Labute approximate surface area is 127 Å². The molecule has 0 saturated heterocycles. The molecule has 0 aliphatic heterocycles. The van der Waals surface area contributed by atoms with Crippen LogP contribution < -0.4 is 0 Å². The number of rotatable bonds is 7. The van der Waals surface area contributed by atoms with Crippen LogP contribution >= 0.6 is 0 Å². The molecular weight excluding hydrogens is 276 g/mol. The van der Waals surface area contributed by atoms with E-state index in [1.165, 1.54) is 7.11 Å². The summed E-state index contributed by atoms with van der Waals surface area (Å²) in [4.78, 5) is 32.2. The largest absolute Gasteiger partial charge is 0.467 e. The summed E-state index contributed by atoms with van der Waals surface area (Å²) in [5.74, 6) is -0.546. The number of carbonyl (C=O) groups excluding carboxylic acids is 1. The third-order valence-corrected chi connectivity index (χ3v) is 1.87. The molecule has 0 aliphatic rings. The highest BCUT2D eigenvalue weighted by Crippen LogP contribution is 2.13. The molecule has 6 nitrogen and oxygen atoms in total. The molecule has 0 aromatic rings. The molecule has 0 spiro atoms. The van der Waals surface area contributed by atoms with Gasteiger partial charge in [0.25, 0.3) is 0 Å². The summed E-state index contributed by atoms with van der Waals surface area (Å²) in [6.45, 7) is 13.1. The van der Waals surface area contributed by atoms with Crippen LogP contribution in [0.15, 0.2) is 11.6 Å². The molecule has 0 amide bonds. The maximum Gasteiger partial charge on any atom is 0.342 e. The number of carbonyl (C=O) groups is 1. The number of hydrogen-bond donors (Lipinski definition) is 0. The second-order valence-corrected chi connectivity index (χ2v) is 6.71. The lowest BCUT2D eigenvalue weighted by atomic mass is 10.2. The minimum Gasteiger partial charge on any atom is -0.467 e. The Morgan fingerprint density at radius 3 is 2.00 bits per heavy atom. The Hall–Kier alpha value is -0.950. The monoisotopic (exact) mass is 304 g/mol. The lowest BCUT2D eigenvalue weighted by Gasteiger charge is -2.21. The van der Waals surface area contributed by atoms with Crippen molar-refractivity contribution in [1.82, 2.24) is 0 Å². The van der Waals surface area contributed by atoms with E-state index in [1.54, 1.807) is 13.0 Å². The standard InChI is InChI=1S/C15H28O6/c1-11(10-18-20-14(2,3)4)9-12(13(16)17-8)19-21-15(5,6)7/h9,12H,10H2,1-8H3/b11-9+. The van der Waals surface area contributed by atoms with Crippen LogP contribution in [0.1, 0.15) is 48.5 Å². The van der Waals surface area contributed by atoms with Crippen molar-refractivity contribution in [3.05, 3.63) is 11.6 Å². The van der Waals surface area contributed by atoms with Crippen molar-refractivity contribution in [2.24, 2.45) is 0 Å². The highest BCUT2D eigenvalue weighted by Gasteiger charge is 2.23. The average molecular weight is 304 g/mol. The van der Waals surface area contributed by atoms with Gasteiger partial charge in [-0.15, -0.1) is 0 Å². The molecule has 0 aromatic carbocycles. The maximum atomic E-state index is 11.7. The van der Waals surface area contributed by atoms with E-state index in [0.717, 1.165) is 5.57 Å². The predicted molar refractivity (Wildman–Crippen MR) is 78.3 cm³/mol. The van der Waals surface area contributed by atoms with Crippen LogP contribution in [0.25, 0.3) is 0 Å². The maximum absolute atomic E-state index is 11.7. The molecule has 0 heterocycles. The van der Waals surface area contributed by atoms with Gasteiger partial charge in [0.2, 0.25) is 6.10 Å². The van der Waals surface area contributed by atoms with Crippen LogP contribution in [-0.4, -0.2) is 37.0 Å². The molecule has 124 valence electrons. The topological polar surface area (TPSA) is 63.2 Å². The summed E-state index contributed by atoms with van der Waals surface area (Å²) in [6, 6.07) is 0. The Balaban J connectivity index is 4.55. The first-order valence-corrected chi connectivity index (χ1v) is 6.85. The average Bonchev–Trinajstić information content (AvgIpc) is 2.30. The molecule has 0 aliphatic carbocycles. The molecular formula is C15H28O6. The molecule has 0 saturated carbocycles. The first kappa shape index (κ1) is 20.1. The first-order chi connectivity index (χ1) is 9.44. The van der Waals surface area contributed by atoms with Gasteiger partial charge in [0.1, 0.15) is 6.61 Å². The van der Waals surface area contributed by atoms with Crippen molar-refractivity contribution in [3.63, 3.8) is 0 Å². The fourth-order valence-electron chi connectivity index (χ4n) is 1.05. The molecule has 21 heavy (non-hydrogen) atoms. The quantitative estimate of drug-likeness (QED) is 0.312. The van der Waals surface area contributed by atoms with E-state index in [-0.39, 0.29) is 6.61 Å². The molecule has 6 heteroatoms. The molecule has 1 unspecified atom stereocenters. The van der Waals surface area contributed by atoms with Crippen LogP contribution in [0.3, 0.4) is 0 Å². The van der Waals surface area contributed by atoms with Crippen LogP contribution in [0, 0.1) is 0 Å². The lowest BCUT2D eigenvalue weighted by Crippen LogP contribution is -2.29. The van der Waals surface area contributed by atoms with Gasteiger partial charge < -0.3 is 4.74 Å². The summed E-state index contributed by atoms with van der Waals surface area (Å²) in [7, 11) is 1.29. The zero-order valence-electron chi connectivity index (χ0n) is 14.3. The predicted octanol–water partition coefficient (Wildman–Crippen LogP) is 2.97. The van der Waals surface area contributed by atoms with Crippen molar-refractivity contribution >= 4 is 5.97 Å². The number of methoxy groups -OCH3 is 1. The van der Waals surface area contributed by atoms with E-state index < -0.39 is 23.3 Å². The second kappa shape index (κ2) is 8.48. The summed E-state index contributed by atoms with van der Waals surface area (Å²) in [5, 5.41) is 0. The van der Waals surface area contributed by atoms with Crippen molar-refractivity contribution in [2.75, 3.05) is 13.7 Å². The van der Waals surface area contributed by atoms with E-state index in [9.17, 15) is 4.79 Å². The Bertz CT molecular complexity index is 348. The summed E-state index contributed by atoms with van der Waals surface area (Å²) < 4.78 is 4.68. The number of esters is 1. The molecule has 0 aromatic heterocycles. The van der Waals surface area contributed by atoms with Gasteiger partial charge in [-0.3, -0.25) is 0 Å². The van der Waals surface area contributed by atoms with Crippen LogP contribution in [-0.2, 0) is 29.1 Å². The van der Waals surface area contributed by atoms with Crippen LogP contribution in [0.4, 0.5) is 0 Å². The zero-order valence-corrected chi connectivity index (χ0v) is 14.3. The van der Waals surface area contributed by atoms with E-state index >= 15 is 0 Å².